The molecule has 2 N–H and O–H groups in total. The van der Waals surface area contributed by atoms with Gasteiger partial charge in [-0.1, -0.05) is 47.5 Å². The van der Waals surface area contributed by atoms with Crippen LogP contribution in [0.1, 0.15) is 22.7 Å². The molecule has 4 nitrogen and oxygen atoms in total. The zero-order chi connectivity index (χ0) is 23.0. The maximum absolute atomic E-state index is 15.0. The fourth-order valence-electron chi connectivity index (χ4n) is 3.26. The summed E-state index contributed by atoms with van der Waals surface area (Å²) >= 11 is 11.9. The molecule has 1 unspecified atom stereocenters. The minimum Gasteiger partial charge on any atom is -0.505 e. The van der Waals surface area contributed by atoms with Crippen LogP contribution in [0.15, 0.2) is 60.9 Å². The van der Waals surface area contributed by atoms with E-state index in [1.54, 1.807) is 24.3 Å². The van der Waals surface area contributed by atoms with Crippen molar-refractivity contribution in [3.05, 3.63) is 93.5 Å². The Balaban J connectivity index is 1.85. The van der Waals surface area contributed by atoms with Crippen LogP contribution in [0.25, 0.3) is 10.9 Å². The number of rotatable bonds is 4. The lowest BCUT2D eigenvalue weighted by atomic mass is 9.95. The molecule has 32 heavy (non-hydrogen) atoms. The van der Waals surface area contributed by atoms with Gasteiger partial charge in [-0.25, -0.2) is 9.37 Å². The number of nitrogens with one attached hydrogen (secondary N) is 1. The molecule has 0 fully saturated rings. The van der Waals surface area contributed by atoms with Crippen LogP contribution in [0.2, 0.25) is 10.0 Å². The summed E-state index contributed by atoms with van der Waals surface area (Å²) < 4.78 is 53.7. The Hall–Kier alpha value is -3.10. The number of alkyl halides is 3. The molecule has 0 saturated carbocycles. The average molecular weight is 482 g/mol. The molecule has 0 aliphatic heterocycles. The first-order valence-electron chi connectivity index (χ1n) is 9.16. The molecule has 2 aromatic carbocycles. The van der Waals surface area contributed by atoms with E-state index in [1.807, 2.05) is 0 Å². The number of aromatic nitrogens is 2. The third kappa shape index (κ3) is 4.16. The summed E-state index contributed by atoms with van der Waals surface area (Å²) in [6, 6.07) is 10.3. The van der Waals surface area contributed by atoms with E-state index in [0.29, 0.717) is 11.6 Å². The minimum atomic E-state index is -4.55. The molecule has 2 heterocycles. The number of aromatic hydroxyl groups is 1. The fourth-order valence-corrected chi connectivity index (χ4v) is 3.58. The van der Waals surface area contributed by atoms with Crippen LogP contribution >= 0.6 is 23.2 Å². The molecule has 0 saturated heterocycles. The van der Waals surface area contributed by atoms with Crippen molar-refractivity contribution in [2.75, 3.05) is 5.32 Å². The van der Waals surface area contributed by atoms with Crippen LogP contribution in [0.5, 0.6) is 5.75 Å². The predicted octanol–water partition coefficient (Wildman–Crippen LogP) is 7.00. The first-order chi connectivity index (χ1) is 15.2. The van der Waals surface area contributed by atoms with Gasteiger partial charge in [0.25, 0.3) is 0 Å². The Morgan fingerprint density at radius 3 is 2.38 bits per heavy atom. The van der Waals surface area contributed by atoms with Gasteiger partial charge in [-0.3, -0.25) is 4.98 Å². The lowest BCUT2D eigenvalue weighted by molar-refractivity contribution is -0.137. The van der Waals surface area contributed by atoms with Crippen LogP contribution in [-0.2, 0) is 6.18 Å². The molecule has 0 amide bonds. The van der Waals surface area contributed by atoms with Gasteiger partial charge in [0.2, 0.25) is 0 Å². The third-order valence-electron chi connectivity index (χ3n) is 4.85. The molecule has 2 aromatic heterocycles. The molecule has 0 aliphatic rings. The number of anilines is 1. The van der Waals surface area contributed by atoms with Gasteiger partial charge in [0.15, 0.2) is 0 Å². The second-order valence-corrected chi connectivity index (χ2v) is 7.64. The van der Waals surface area contributed by atoms with E-state index >= 15 is 4.39 Å². The lowest BCUT2D eigenvalue weighted by Gasteiger charge is -2.23. The van der Waals surface area contributed by atoms with Gasteiger partial charge in [0.1, 0.15) is 22.9 Å². The monoisotopic (exact) mass is 481 g/mol. The van der Waals surface area contributed by atoms with Crippen LogP contribution in [0.4, 0.5) is 23.4 Å². The standard InChI is InChI=1S/C22H13Cl2F4N3O/c23-15-7-6-13(18(25)17(15)24)20(31-16-8-4-12(10-30-16)22(26,27)28)14-5-3-11-2-1-9-29-19(11)21(14)32/h1-10,20,32H,(H,30,31). The quantitative estimate of drug-likeness (QED) is 0.243. The number of phenolic OH excluding ortho intramolecular Hbond substituents is 1. The van der Waals surface area contributed by atoms with Crippen molar-refractivity contribution in [2.24, 2.45) is 0 Å². The molecular formula is C22H13Cl2F4N3O. The van der Waals surface area contributed by atoms with E-state index in [1.165, 1.54) is 18.3 Å². The molecule has 164 valence electrons. The second kappa shape index (κ2) is 8.44. The van der Waals surface area contributed by atoms with Crippen molar-refractivity contribution >= 4 is 39.9 Å². The van der Waals surface area contributed by atoms with Gasteiger partial charge in [0.05, 0.1) is 21.7 Å². The molecule has 0 radical (unpaired) electrons. The Morgan fingerprint density at radius 1 is 0.938 bits per heavy atom. The van der Waals surface area contributed by atoms with Gasteiger partial charge in [-0.2, -0.15) is 13.2 Å². The molecule has 4 rings (SSSR count). The summed E-state index contributed by atoms with van der Waals surface area (Å²) in [5.41, 5.74) is -0.433. The Morgan fingerprint density at radius 2 is 1.69 bits per heavy atom. The molecule has 0 bridgehead atoms. The van der Waals surface area contributed by atoms with E-state index in [-0.39, 0.29) is 38.3 Å². The number of hydrogen-bond acceptors (Lipinski definition) is 4. The number of hydrogen-bond donors (Lipinski definition) is 2. The molecule has 0 aliphatic carbocycles. The summed E-state index contributed by atoms with van der Waals surface area (Å²) in [6.45, 7) is 0. The van der Waals surface area contributed by atoms with Crippen LogP contribution in [-0.4, -0.2) is 15.1 Å². The SMILES string of the molecule is Oc1c(C(Nc2ccc(C(F)(F)F)cn2)c2ccc(Cl)c(Cl)c2F)ccc2cccnc12. The highest BCUT2D eigenvalue weighted by Gasteiger charge is 2.31. The Kier molecular flexibility index (Phi) is 5.83. The fraction of sp³-hybridized carbons (Fsp3) is 0.0909. The molecule has 4 aromatic rings. The van der Waals surface area contributed by atoms with E-state index in [0.717, 1.165) is 12.1 Å². The van der Waals surface area contributed by atoms with Crippen LogP contribution in [0, 0.1) is 5.82 Å². The van der Waals surface area contributed by atoms with Crippen LogP contribution < -0.4 is 5.32 Å². The maximum atomic E-state index is 15.0. The Labute approximate surface area is 189 Å². The van der Waals surface area contributed by atoms with Gasteiger partial charge < -0.3 is 10.4 Å². The zero-order valence-corrected chi connectivity index (χ0v) is 17.5. The van der Waals surface area contributed by atoms with Crippen LogP contribution in [0.3, 0.4) is 0 Å². The van der Waals surface area contributed by atoms with E-state index in [9.17, 15) is 18.3 Å². The Bertz CT molecular complexity index is 1300. The highest BCUT2D eigenvalue weighted by Crippen LogP contribution is 2.39. The summed E-state index contributed by atoms with van der Waals surface area (Å²) in [4.78, 5) is 7.95. The van der Waals surface area contributed by atoms with Crippen molar-refractivity contribution < 1.29 is 22.7 Å². The summed E-state index contributed by atoms with van der Waals surface area (Å²) in [6.07, 6.45) is -2.40. The lowest BCUT2D eigenvalue weighted by Crippen LogP contribution is -2.16. The summed E-state index contributed by atoms with van der Waals surface area (Å²) in [5.74, 6) is -1.05. The highest BCUT2D eigenvalue weighted by atomic mass is 35.5. The van der Waals surface area contributed by atoms with E-state index < -0.39 is 23.6 Å². The average Bonchev–Trinajstić information content (AvgIpc) is 2.77. The number of fused-ring (bicyclic) bond motifs is 1. The van der Waals surface area contributed by atoms with E-state index in [2.05, 4.69) is 15.3 Å². The zero-order valence-electron chi connectivity index (χ0n) is 16.0. The normalized spacial score (nSPS) is 12.7. The number of nitrogens with zero attached hydrogens (tertiary/aromatic N) is 2. The topological polar surface area (TPSA) is 58.0 Å². The van der Waals surface area contributed by atoms with Crippen molar-refractivity contribution in [3.63, 3.8) is 0 Å². The maximum Gasteiger partial charge on any atom is 0.417 e. The van der Waals surface area contributed by atoms with Gasteiger partial charge >= 0.3 is 6.18 Å². The molecule has 0 spiro atoms. The number of pyridine rings is 2. The van der Waals surface area contributed by atoms with Crippen molar-refractivity contribution in [3.8, 4) is 5.75 Å². The summed E-state index contributed by atoms with van der Waals surface area (Å²) in [7, 11) is 0. The van der Waals surface area contributed by atoms with Crippen molar-refractivity contribution in [2.45, 2.75) is 12.2 Å². The molecular weight excluding hydrogens is 469 g/mol. The van der Waals surface area contributed by atoms with Gasteiger partial charge in [0, 0.05) is 28.9 Å². The first-order valence-corrected chi connectivity index (χ1v) is 9.92. The molecule has 1 atom stereocenters. The van der Waals surface area contributed by atoms with E-state index in [4.69, 9.17) is 23.2 Å². The smallest absolute Gasteiger partial charge is 0.417 e. The molecule has 10 heteroatoms. The van der Waals surface area contributed by atoms with Gasteiger partial charge in [-0.15, -0.1) is 0 Å². The summed E-state index contributed by atoms with van der Waals surface area (Å²) in [5, 5.41) is 14.1. The van der Waals surface area contributed by atoms with Crippen molar-refractivity contribution in [1.29, 1.82) is 0 Å². The number of halogens is 6. The highest BCUT2D eigenvalue weighted by molar-refractivity contribution is 6.42. The largest absolute Gasteiger partial charge is 0.505 e. The number of phenols is 1. The number of benzene rings is 2. The third-order valence-corrected chi connectivity index (χ3v) is 5.63. The first kappa shape index (κ1) is 22.1. The predicted molar refractivity (Wildman–Crippen MR) is 115 cm³/mol. The minimum absolute atomic E-state index is 0.00618. The van der Waals surface area contributed by atoms with Gasteiger partial charge in [-0.05, 0) is 24.3 Å². The second-order valence-electron chi connectivity index (χ2n) is 6.85. The van der Waals surface area contributed by atoms with Crippen molar-refractivity contribution in [1.82, 2.24) is 9.97 Å².